The molecule has 0 heterocycles. The van der Waals surface area contributed by atoms with Gasteiger partial charge in [0.05, 0.1) is 4.92 Å². The zero-order valence-corrected chi connectivity index (χ0v) is 6.91. The molecule has 0 N–H and O–H groups in total. The van der Waals surface area contributed by atoms with Crippen LogP contribution in [0.25, 0.3) is 0 Å². The predicted octanol–water partition coefficient (Wildman–Crippen LogP) is 2.47. The minimum atomic E-state index is -0.382. The van der Waals surface area contributed by atoms with Crippen molar-refractivity contribution in [1.82, 2.24) is 0 Å². The van der Waals surface area contributed by atoms with E-state index in [-0.39, 0.29) is 17.5 Å². The van der Waals surface area contributed by atoms with Crippen LogP contribution in [0.4, 0.5) is 5.69 Å². The summed E-state index contributed by atoms with van der Waals surface area (Å²) in [5, 5.41) is 10.5. The molecule has 3 nitrogen and oxygen atoms in total. The highest BCUT2D eigenvalue weighted by molar-refractivity contribution is 5.42. The lowest BCUT2D eigenvalue weighted by molar-refractivity contribution is -0.385. The van der Waals surface area contributed by atoms with E-state index in [1.54, 1.807) is 12.1 Å². The molecule has 3 heteroatoms. The third kappa shape index (κ3) is 1.61. The number of aryl methyl sites for hydroxylation is 2. The van der Waals surface area contributed by atoms with E-state index in [4.69, 9.17) is 1.37 Å². The summed E-state index contributed by atoms with van der Waals surface area (Å²) in [4.78, 5) is 10.2. The smallest absolute Gasteiger partial charge is 0.258 e. The van der Waals surface area contributed by atoms with Crippen LogP contribution >= 0.6 is 0 Å². The van der Waals surface area contributed by atoms with Gasteiger partial charge in [-0.05, 0) is 19.4 Å². The topological polar surface area (TPSA) is 43.1 Å². The van der Waals surface area contributed by atoms with Crippen molar-refractivity contribution in [2.75, 3.05) is 0 Å². The first-order chi connectivity index (χ1) is 6.19. The fourth-order valence-corrected chi connectivity index (χ4v) is 1.10. The van der Waals surface area contributed by atoms with Gasteiger partial charge in [-0.15, -0.1) is 0 Å². The molecule has 64 valence electrons. The Bertz CT molecular complexity index is 325. The van der Waals surface area contributed by atoms with Crippen molar-refractivity contribution in [3.05, 3.63) is 39.4 Å². The minimum Gasteiger partial charge on any atom is -0.258 e. The SMILES string of the molecule is [2H]Cc1ccc([N+](=O)[O-])c(CC)c1. The fraction of sp³-hybridized carbons (Fsp3) is 0.333. The molecule has 1 rings (SSSR count). The molecule has 0 atom stereocenters. The van der Waals surface area contributed by atoms with E-state index >= 15 is 0 Å². The van der Waals surface area contributed by atoms with E-state index < -0.39 is 0 Å². The van der Waals surface area contributed by atoms with Crippen molar-refractivity contribution in [2.45, 2.75) is 20.2 Å². The first kappa shape index (κ1) is 7.28. The molecule has 0 aliphatic carbocycles. The first-order valence-corrected chi connectivity index (χ1v) is 3.74. The van der Waals surface area contributed by atoms with Crippen molar-refractivity contribution in [1.29, 1.82) is 0 Å². The van der Waals surface area contributed by atoms with Crippen LogP contribution in [0.2, 0.25) is 0 Å². The lowest BCUT2D eigenvalue weighted by Gasteiger charge is -1.99. The Balaban J connectivity index is 3.15. The molecule has 0 aromatic heterocycles. The summed E-state index contributed by atoms with van der Waals surface area (Å²) in [5.41, 5.74) is 1.68. The standard InChI is InChI=1S/C9H11NO2/c1-3-8-6-7(2)4-5-9(8)10(11)12/h4-6H,3H2,1-2H3/i2D. The van der Waals surface area contributed by atoms with Gasteiger partial charge in [0.15, 0.2) is 0 Å². The van der Waals surface area contributed by atoms with Crippen LogP contribution < -0.4 is 0 Å². The average Bonchev–Trinajstić information content (AvgIpc) is 2.16. The maximum absolute atomic E-state index is 10.5. The summed E-state index contributed by atoms with van der Waals surface area (Å²) in [6.07, 6.45) is 0.629. The summed E-state index contributed by atoms with van der Waals surface area (Å²) >= 11 is 0. The Morgan fingerprint density at radius 2 is 2.42 bits per heavy atom. The largest absolute Gasteiger partial charge is 0.272 e. The fourth-order valence-electron chi connectivity index (χ4n) is 1.10. The molecular formula is C9H11NO2. The zero-order chi connectivity index (χ0) is 9.84. The molecule has 0 bridgehead atoms. The number of benzene rings is 1. The van der Waals surface area contributed by atoms with Gasteiger partial charge in [0.2, 0.25) is 0 Å². The van der Waals surface area contributed by atoms with Crippen molar-refractivity contribution in [2.24, 2.45) is 0 Å². The molecule has 12 heavy (non-hydrogen) atoms. The zero-order valence-electron chi connectivity index (χ0n) is 7.91. The summed E-state index contributed by atoms with van der Waals surface area (Å²) in [6, 6.07) is 4.83. The normalized spacial score (nSPS) is 10.9. The molecule has 0 saturated carbocycles. The average molecular weight is 166 g/mol. The summed E-state index contributed by atoms with van der Waals surface area (Å²) in [5.74, 6) is 0. The third-order valence-corrected chi connectivity index (χ3v) is 1.72. The van der Waals surface area contributed by atoms with Gasteiger partial charge < -0.3 is 0 Å². The molecule has 0 aliphatic heterocycles. The van der Waals surface area contributed by atoms with Crippen LogP contribution in [-0.4, -0.2) is 4.92 Å². The number of hydrogen-bond donors (Lipinski definition) is 0. The molecule has 0 unspecified atom stereocenters. The lowest BCUT2D eigenvalue weighted by Crippen LogP contribution is -1.94. The van der Waals surface area contributed by atoms with E-state index in [9.17, 15) is 10.1 Å². The first-order valence-electron chi connectivity index (χ1n) is 4.45. The highest BCUT2D eigenvalue weighted by Gasteiger charge is 2.10. The van der Waals surface area contributed by atoms with E-state index in [1.807, 2.05) is 6.92 Å². The van der Waals surface area contributed by atoms with E-state index in [1.165, 1.54) is 6.07 Å². The molecule has 0 fully saturated rings. The van der Waals surface area contributed by atoms with Crippen molar-refractivity contribution >= 4 is 5.69 Å². The van der Waals surface area contributed by atoms with Gasteiger partial charge in [0, 0.05) is 13.0 Å². The van der Waals surface area contributed by atoms with E-state index in [2.05, 4.69) is 0 Å². The number of nitro benzene ring substituents is 1. The molecule has 1 aromatic rings. The Labute approximate surface area is 72.6 Å². The van der Waals surface area contributed by atoms with Crippen LogP contribution in [0.1, 0.15) is 19.4 Å². The maximum Gasteiger partial charge on any atom is 0.272 e. The van der Waals surface area contributed by atoms with Crippen molar-refractivity contribution in [3.8, 4) is 0 Å². The molecule has 0 radical (unpaired) electrons. The Hall–Kier alpha value is -1.38. The second kappa shape index (κ2) is 3.34. The van der Waals surface area contributed by atoms with Crippen LogP contribution in [0.15, 0.2) is 18.2 Å². The van der Waals surface area contributed by atoms with Gasteiger partial charge in [-0.3, -0.25) is 10.1 Å². The number of nitrogens with zero attached hydrogens (tertiary/aromatic N) is 1. The van der Waals surface area contributed by atoms with Crippen molar-refractivity contribution in [3.63, 3.8) is 0 Å². The van der Waals surface area contributed by atoms with E-state index in [0.717, 1.165) is 5.56 Å². The highest BCUT2D eigenvalue weighted by atomic mass is 16.6. The maximum atomic E-state index is 10.5. The van der Waals surface area contributed by atoms with Gasteiger partial charge >= 0.3 is 0 Å². The Morgan fingerprint density at radius 3 is 2.92 bits per heavy atom. The van der Waals surface area contributed by atoms with Gasteiger partial charge in [0.1, 0.15) is 0 Å². The lowest BCUT2D eigenvalue weighted by atomic mass is 10.1. The number of hydrogen-bond acceptors (Lipinski definition) is 2. The molecule has 0 aliphatic rings. The summed E-state index contributed by atoms with van der Waals surface area (Å²) < 4.78 is 7.12. The third-order valence-electron chi connectivity index (χ3n) is 1.72. The molecule has 1 aromatic carbocycles. The van der Waals surface area contributed by atoms with Gasteiger partial charge in [0.25, 0.3) is 5.69 Å². The van der Waals surface area contributed by atoms with Crippen LogP contribution in [0.3, 0.4) is 0 Å². The highest BCUT2D eigenvalue weighted by Crippen LogP contribution is 2.19. The molecular weight excluding hydrogens is 154 g/mol. The second-order valence-electron chi connectivity index (χ2n) is 2.57. The Kier molecular flexibility index (Phi) is 2.03. The van der Waals surface area contributed by atoms with Gasteiger partial charge in [-0.1, -0.05) is 18.6 Å². The molecule has 0 saturated heterocycles. The predicted molar refractivity (Wildman–Crippen MR) is 47.2 cm³/mol. The van der Waals surface area contributed by atoms with E-state index in [0.29, 0.717) is 12.0 Å². The van der Waals surface area contributed by atoms with Crippen molar-refractivity contribution < 1.29 is 6.29 Å². The minimum absolute atomic E-state index is 0.153. The van der Waals surface area contributed by atoms with Crippen LogP contribution in [-0.2, 0) is 6.42 Å². The van der Waals surface area contributed by atoms with Crippen LogP contribution in [0.5, 0.6) is 0 Å². The van der Waals surface area contributed by atoms with Gasteiger partial charge in [-0.25, -0.2) is 0 Å². The monoisotopic (exact) mass is 166 g/mol. The number of rotatable bonds is 2. The Morgan fingerprint density at radius 1 is 1.67 bits per heavy atom. The summed E-state index contributed by atoms with van der Waals surface area (Å²) in [6.45, 7) is 2.04. The molecule has 0 amide bonds. The van der Waals surface area contributed by atoms with Crippen LogP contribution in [0, 0.1) is 17.0 Å². The molecule has 0 spiro atoms. The number of nitro groups is 1. The quantitative estimate of drug-likeness (QED) is 0.500. The van der Waals surface area contributed by atoms with Gasteiger partial charge in [-0.2, -0.15) is 0 Å². The summed E-state index contributed by atoms with van der Waals surface area (Å²) in [7, 11) is 0. The second-order valence-corrected chi connectivity index (χ2v) is 2.57.